The van der Waals surface area contributed by atoms with Gasteiger partial charge >= 0.3 is 0 Å². The van der Waals surface area contributed by atoms with Crippen LogP contribution in [-0.4, -0.2) is 32.2 Å². The quantitative estimate of drug-likeness (QED) is 0.692. The summed E-state index contributed by atoms with van der Waals surface area (Å²) in [5.41, 5.74) is 3.09. The predicted molar refractivity (Wildman–Crippen MR) is 89.1 cm³/mol. The van der Waals surface area contributed by atoms with Crippen molar-refractivity contribution in [3.8, 4) is 10.6 Å². The van der Waals surface area contributed by atoms with Crippen molar-refractivity contribution in [1.82, 2.24) is 15.0 Å². The molecule has 0 unspecified atom stereocenters. The zero-order chi connectivity index (χ0) is 14.9. The molecule has 1 fully saturated rings. The van der Waals surface area contributed by atoms with E-state index in [2.05, 4.69) is 32.4 Å². The van der Waals surface area contributed by atoms with Gasteiger partial charge in [0.05, 0.1) is 17.1 Å². The van der Waals surface area contributed by atoms with Crippen LogP contribution in [-0.2, 0) is 0 Å². The Balaban J connectivity index is 1.55. The van der Waals surface area contributed by atoms with Crippen molar-refractivity contribution < 1.29 is 5.11 Å². The van der Waals surface area contributed by atoms with Gasteiger partial charge in [-0.15, -0.1) is 11.3 Å². The fraction of sp³-hybridized carbons (Fsp3) is 0.375. The molecule has 2 aromatic heterocycles. The summed E-state index contributed by atoms with van der Waals surface area (Å²) >= 11 is 1.64. The van der Waals surface area contributed by atoms with Crippen molar-refractivity contribution in [2.75, 3.05) is 5.32 Å². The first-order valence-electron chi connectivity index (χ1n) is 7.62. The molecule has 1 aromatic carbocycles. The Morgan fingerprint density at radius 1 is 1.23 bits per heavy atom. The summed E-state index contributed by atoms with van der Waals surface area (Å²) in [4.78, 5) is 12.3. The minimum absolute atomic E-state index is 0.130. The molecule has 0 amide bonds. The lowest BCUT2D eigenvalue weighted by molar-refractivity contribution is 0.126. The fourth-order valence-corrected chi connectivity index (χ4v) is 3.63. The van der Waals surface area contributed by atoms with Gasteiger partial charge in [-0.2, -0.15) is 0 Å². The summed E-state index contributed by atoms with van der Waals surface area (Å²) in [5, 5.41) is 16.0. The van der Waals surface area contributed by atoms with Gasteiger partial charge < -0.3 is 15.4 Å². The first-order valence-corrected chi connectivity index (χ1v) is 8.50. The van der Waals surface area contributed by atoms with Crippen LogP contribution in [0.1, 0.15) is 25.7 Å². The van der Waals surface area contributed by atoms with Crippen molar-refractivity contribution in [3.05, 3.63) is 29.8 Å². The maximum atomic E-state index is 9.57. The van der Waals surface area contributed by atoms with E-state index in [0.29, 0.717) is 6.04 Å². The molecule has 0 aliphatic heterocycles. The summed E-state index contributed by atoms with van der Waals surface area (Å²) < 4.78 is 0. The minimum Gasteiger partial charge on any atom is -0.393 e. The van der Waals surface area contributed by atoms with Crippen molar-refractivity contribution >= 4 is 28.3 Å². The van der Waals surface area contributed by atoms with Gasteiger partial charge in [0, 0.05) is 23.2 Å². The van der Waals surface area contributed by atoms with Crippen molar-refractivity contribution in [3.63, 3.8) is 0 Å². The fourth-order valence-electron chi connectivity index (χ4n) is 2.99. The van der Waals surface area contributed by atoms with Crippen molar-refractivity contribution in [2.45, 2.75) is 37.8 Å². The number of thiazole rings is 1. The molecule has 3 aromatic rings. The highest BCUT2D eigenvalue weighted by molar-refractivity contribution is 7.13. The van der Waals surface area contributed by atoms with Crippen LogP contribution in [0.4, 0.5) is 5.95 Å². The molecule has 4 rings (SSSR count). The van der Waals surface area contributed by atoms with Crippen LogP contribution in [0.3, 0.4) is 0 Å². The van der Waals surface area contributed by atoms with Gasteiger partial charge in [0.1, 0.15) is 5.01 Å². The number of benzene rings is 1. The van der Waals surface area contributed by atoms with Gasteiger partial charge in [-0.25, -0.2) is 9.97 Å². The number of nitrogens with zero attached hydrogens (tertiary/aromatic N) is 2. The Labute approximate surface area is 132 Å². The third-order valence-corrected chi connectivity index (χ3v) is 5.02. The van der Waals surface area contributed by atoms with E-state index in [-0.39, 0.29) is 6.10 Å². The largest absolute Gasteiger partial charge is 0.393 e. The number of anilines is 1. The lowest BCUT2D eigenvalue weighted by atomic mass is 9.93. The molecule has 6 heteroatoms. The second-order valence-corrected chi connectivity index (χ2v) is 6.70. The SMILES string of the molecule is OC1CCC(Nc2nc3ccc(-c4nccs4)cc3[nH]2)CC1. The summed E-state index contributed by atoms with van der Waals surface area (Å²) in [7, 11) is 0. The number of aliphatic hydroxyl groups excluding tert-OH is 1. The average Bonchev–Trinajstić information content (AvgIpc) is 3.17. The second kappa shape index (κ2) is 5.70. The van der Waals surface area contributed by atoms with E-state index in [1.54, 1.807) is 11.3 Å². The first kappa shape index (κ1) is 13.7. The Kier molecular flexibility index (Phi) is 3.56. The van der Waals surface area contributed by atoms with Gasteiger partial charge in [-0.1, -0.05) is 0 Å². The third kappa shape index (κ3) is 2.71. The van der Waals surface area contributed by atoms with E-state index in [9.17, 15) is 5.11 Å². The van der Waals surface area contributed by atoms with Crippen LogP contribution in [0.25, 0.3) is 21.6 Å². The molecule has 2 heterocycles. The number of imidazole rings is 1. The van der Waals surface area contributed by atoms with Gasteiger partial charge in [0.15, 0.2) is 0 Å². The highest BCUT2D eigenvalue weighted by atomic mass is 32.1. The number of aromatic nitrogens is 3. The molecule has 1 aliphatic carbocycles. The Morgan fingerprint density at radius 3 is 2.86 bits per heavy atom. The van der Waals surface area contributed by atoms with E-state index >= 15 is 0 Å². The molecule has 1 aliphatic rings. The topological polar surface area (TPSA) is 73.8 Å². The zero-order valence-electron chi connectivity index (χ0n) is 12.1. The van der Waals surface area contributed by atoms with Crippen LogP contribution >= 0.6 is 11.3 Å². The lowest BCUT2D eigenvalue weighted by Crippen LogP contribution is -2.28. The maximum Gasteiger partial charge on any atom is 0.201 e. The molecular formula is C16H18N4OS. The van der Waals surface area contributed by atoms with E-state index in [4.69, 9.17) is 0 Å². The second-order valence-electron chi connectivity index (χ2n) is 5.80. The molecule has 0 spiro atoms. The van der Waals surface area contributed by atoms with E-state index in [1.165, 1.54) is 0 Å². The van der Waals surface area contributed by atoms with Gasteiger partial charge in [-0.3, -0.25) is 0 Å². The summed E-state index contributed by atoms with van der Waals surface area (Å²) in [5.74, 6) is 0.813. The number of rotatable bonds is 3. The molecule has 114 valence electrons. The zero-order valence-corrected chi connectivity index (χ0v) is 12.9. The number of nitrogens with one attached hydrogen (secondary N) is 2. The summed E-state index contributed by atoms with van der Waals surface area (Å²) in [6.07, 6.45) is 5.40. The molecule has 3 N–H and O–H groups in total. The highest BCUT2D eigenvalue weighted by Gasteiger charge is 2.20. The van der Waals surface area contributed by atoms with Gasteiger partial charge in [0.2, 0.25) is 5.95 Å². The summed E-state index contributed by atoms with van der Waals surface area (Å²) in [6.45, 7) is 0. The predicted octanol–water partition coefficient (Wildman–Crippen LogP) is 3.40. The normalized spacial score (nSPS) is 22.0. The Bertz CT molecular complexity index is 760. The van der Waals surface area contributed by atoms with Crippen LogP contribution in [0.15, 0.2) is 29.8 Å². The maximum absolute atomic E-state index is 9.57. The minimum atomic E-state index is -0.130. The van der Waals surface area contributed by atoms with Gasteiger partial charge in [0.25, 0.3) is 0 Å². The van der Waals surface area contributed by atoms with Crippen LogP contribution in [0, 0.1) is 0 Å². The third-order valence-electron chi connectivity index (χ3n) is 4.20. The van der Waals surface area contributed by atoms with E-state index in [0.717, 1.165) is 53.2 Å². The van der Waals surface area contributed by atoms with Crippen LogP contribution < -0.4 is 5.32 Å². The molecular weight excluding hydrogens is 296 g/mol. The molecule has 5 nitrogen and oxygen atoms in total. The van der Waals surface area contributed by atoms with Crippen LogP contribution in [0.2, 0.25) is 0 Å². The number of fused-ring (bicyclic) bond motifs is 1. The molecule has 1 saturated carbocycles. The Hall–Kier alpha value is -1.92. The first-order chi connectivity index (χ1) is 10.8. The molecule has 0 saturated heterocycles. The monoisotopic (exact) mass is 314 g/mol. The Morgan fingerprint density at radius 2 is 2.09 bits per heavy atom. The average molecular weight is 314 g/mol. The molecule has 22 heavy (non-hydrogen) atoms. The number of hydrogen-bond acceptors (Lipinski definition) is 5. The van der Waals surface area contributed by atoms with E-state index in [1.807, 2.05) is 17.6 Å². The smallest absolute Gasteiger partial charge is 0.201 e. The van der Waals surface area contributed by atoms with Gasteiger partial charge in [-0.05, 0) is 43.9 Å². The number of H-pyrrole nitrogens is 1. The van der Waals surface area contributed by atoms with E-state index < -0.39 is 0 Å². The van der Waals surface area contributed by atoms with Crippen molar-refractivity contribution in [2.24, 2.45) is 0 Å². The van der Waals surface area contributed by atoms with Crippen molar-refractivity contribution in [1.29, 1.82) is 0 Å². The summed E-state index contributed by atoms with van der Waals surface area (Å²) in [6, 6.07) is 6.57. The number of hydrogen-bond donors (Lipinski definition) is 3. The molecule has 0 bridgehead atoms. The molecule has 0 radical (unpaired) electrons. The van der Waals surface area contributed by atoms with Crippen LogP contribution in [0.5, 0.6) is 0 Å². The highest BCUT2D eigenvalue weighted by Crippen LogP contribution is 2.27. The lowest BCUT2D eigenvalue weighted by Gasteiger charge is -2.25. The standard InChI is InChI=1S/C16H18N4OS/c21-12-4-2-11(3-5-12)18-16-19-13-6-1-10(9-14(13)20-16)15-17-7-8-22-15/h1,6-9,11-12,21H,2-5H2,(H2,18,19,20). The molecule has 0 atom stereocenters. The number of aromatic amines is 1. The number of aliphatic hydroxyl groups is 1.